The van der Waals surface area contributed by atoms with Crippen LogP contribution in [0.15, 0.2) is 53.0 Å². The van der Waals surface area contributed by atoms with Crippen molar-refractivity contribution in [2.24, 2.45) is 11.8 Å². The third kappa shape index (κ3) is 3.67. The first-order chi connectivity index (χ1) is 13.0. The van der Waals surface area contributed by atoms with Crippen molar-refractivity contribution in [3.8, 4) is 5.75 Å². The molecule has 140 valence electrons. The van der Waals surface area contributed by atoms with Crippen LogP contribution in [0, 0.1) is 11.8 Å². The summed E-state index contributed by atoms with van der Waals surface area (Å²) >= 11 is 3.42. The zero-order chi connectivity index (χ0) is 19.6. The normalized spacial score (nSPS) is 19.6. The first-order valence-corrected chi connectivity index (χ1v) is 9.45. The maximum absolute atomic E-state index is 13.2. The molecule has 2 aromatic rings. The van der Waals surface area contributed by atoms with E-state index in [1.54, 1.807) is 42.5 Å². The monoisotopic (exact) mass is 430 g/mol. The van der Waals surface area contributed by atoms with Crippen LogP contribution in [-0.2, 0) is 14.3 Å². The predicted molar refractivity (Wildman–Crippen MR) is 103 cm³/mol. The van der Waals surface area contributed by atoms with E-state index in [1.165, 1.54) is 7.11 Å². The summed E-state index contributed by atoms with van der Waals surface area (Å²) in [6.07, 6.45) is 0.463. The number of Topliss-reactive ketones (excluding diaryl/α,β-unsaturated/α-hetero) is 1. The minimum Gasteiger partial charge on any atom is -0.468 e. The van der Waals surface area contributed by atoms with Crippen LogP contribution >= 0.6 is 15.9 Å². The molecule has 6 heteroatoms. The lowest BCUT2D eigenvalue weighted by Gasteiger charge is -2.34. The molecule has 1 aliphatic heterocycles. The van der Waals surface area contributed by atoms with Crippen molar-refractivity contribution in [2.75, 3.05) is 7.11 Å². The Labute approximate surface area is 165 Å². The molecule has 0 saturated heterocycles. The molecule has 5 nitrogen and oxygen atoms in total. The second-order valence-electron chi connectivity index (χ2n) is 6.37. The number of hydrogen-bond donors (Lipinski definition) is 0. The lowest BCUT2D eigenvalue weighted by molar-refractivity contribution is -0.158. The van der Waals surface area contributed by atoms with Gasteiger partial charge in [-0.2, -0.15) is 0 Å². The lowest BCUT2D eigenvalue weighted by Crippen LogP contribution is -2.42. The van der Waals surface area contributed by atoms with Crippen LogP contribution in [0.2, 0.25) is 0 Å². The van der Waals surface area contributed by atoms with Gasteiger partial charge in [0, 0.05) is 27.4 Å². The highest BCUT2D eigenvalue weighted by molar-refractivity contribution is 9.10. The number of carbonyl (C=O) groups excluding carboxylic acids is 3. The average molecular weight is 431 g/mol. The second kappa shape index (κ2) is 8.05. The smallest absolute Gasteiger partial charge is 0.326 e. The van der Waals surface area contributed by atoms with Gasteiger partial charge in [0.15, 0.2) is 11.7 Å². The minimum atomic E-state index is -1.19. The van der Waals surface area contributed by atoms with E-state index in [2.05, 4.69) is 15.9 Å². The number of methoxy groups -OCH3 is 1. The first kappa shape index (κ1) is 19.3. The zero-order valence-electron chi connectivity index (χ0n) is 15.0. The van der Waals surface area contributed by atoms with Gasteiger partial charge in [0.25, 0.3) is 0 Å². The van der Waals surface area contributed by atoms with Crippen LogP contribution in [0.1, 0.15) is 35.2 Å². The summed E-state index contributed by atoms with van der Waals surface area (Å²) in [5.41, 5.74) is 1.19. The lowest BCUT2D eigenvalue weighted by atomic mass is 9.71. The van der Waals surface area contributed by atoms with E-state index >= 15 is 0 Å². The fourth-order valence-electron chi connectivity index (χ4n) is 3.61. The van der Waals surface area contributed by atoms with Crippen molar-refractivity contribution < 1.29 is 23.9 Å². The van der Waals surface area contributed by atoms with Crippen molar-refractivity contribution in [2.45, 2.75) is 19.3 Å². The number of esters is 2. The van der Waals surface area contributed by atoms with Crippen LogP contribution in [0.4, 0.5) is 0 Å². The van der Waals surface area contributed by atoms with Gasteiger partial charge in [-0.25, -0.2) is 0 Å². The maximum Gasteiger partial charge on any atom is 0.326 e. The summed E-state index contributed by atoms with van der Waals surface area (Å²) in [7, 11) is 1.23. The predicted octanol–water partition coefficient (Wildman–Crippen LogP) is 4.15. The Kier molecular flexibility index (Phi) is 5.75. The van der Waals surface area contributed by atoms with Gasteiger partial charge in [-0.05, 0) is 24.6 Å². The molecule has 0 N–H and O–H groups in total. The number of rotatable bonds is 5. The summed E-state index contributed by atoms with van der Waals surface area (Å²) in [5.74, 6) is -3.56. The Bertz CT molecular complexity index is 877. The van der Waals surface area contributed by atoms with E-state index < -0.39 is 29.7 Å². The zero-order valence-corrected chi connectivity index (χ0v) is 16.6. The molecule has 0 radical (unpaired) electrons. The topological polar surface area (TPSA) is 69.7 Å². The van der Waals surface area contributed by atoms with Gasteiger partial charge < -0.3 is 9.47 Å². The molecular weight excluding hydrogens is 412 g/mol. The standard InChI is InChI=1S/C21H19BrO5/c1-3-14(19(23)12-7-5-4-6-8-12)17-15-11-13(22)9-10-16(15)27-21(25)18(17)20(24)26-2/h4-11,14,17-18H,3H2,1-2H3/t14-,17+,18+/m1/s1. The van der Waals surface area contributed by atoms with Crippen molar-refractivity contribution in [1.82, 2.24) is 0 Å². The Balaban J connectivity index is 2.14. The maximum atomic E-state index is 13.2. The van der Waals surface area contributed by atoms with Gasteiger partial charge in [0.05, 0.1) is 7.11 Å². The summed E-state index contributed by atoms with van der Waals surface area (Å²) in [6.45, 7) is 1.87. The average Bonchev–Trinajstić information content (AvgIpc) is 2.69. The molecule has 3 rings (SSSR count). The largest absolute Gasteiger partial charge is 0.468 e. The Hall–Kier alpha value is -2.47. The molecule has 27 heavy (non-hydrogen) atoms. The molecule has 0 saturated carbocycles. The number of halogens is 1. The number of ketones is 1. The molecule has 1 heterocycles. The summed E-state index contributed by atoms with van der Waals surface area (Å²) in [4.78, 5) is 38.2. The van der Waals surface area contributed by atoms with Gasteiger partial charge in [-0.15, -0.1) is 0 Å². The van der Waals surface area contributed by atoms with Crippen LogP contribution in [-0.4, -0.2) is 24.8 Å². The van der Waals surface area contributed by atoms with E-state index in [4.69, 9.17) is 9.47 Å². The van der Waals surface area contributed by atoms with Crippen LogP contribution in [0.25, 0.3) is 0 Å². The molecule has 0 fully saturated rings. The van der Waals surface area contributed by atoms with Crippen molar-refractivity contribution in [3.05, 3.63) is 64.1 Å². The quantitative estimate of drug-likeness (QED) is 0.308. The number of benzene rings is 2. The molecule has 0 unspecified atom stereocenters. The Morgan fingerprint density at radius 2 is 1.89 bits per heavy atom. The fraction of sp³-hybridized carbons (Fsp3) is 0.286. The van der Waals surface area contributed by atoms with Gasteiger partial charge in [-0.3, -0.25) is 14.4 Å². The Morgan fingerprint density at radius 3 is 2.52 bits per heavy atom. The van der Waals surface area contributed by atoms with E-state index in [0.29, 0.717) is 23.3 Å². The van der Waals surface area contributed by atoms with Crippen molar-refractivity contribution in [1.29, 1.82) is 0 Å². The van der Waals surface area contributed by atoms with Crippen LogP contribution < -0.4 is 4.74 Å². The Morgan fingerprint density at radius 1 is 1.19 bits per heavy atom. The molecule has 2 aromatic carbocycles. The summed E-state index contributed by atoms with van der Waals surface area (Å²) in [5, 5.41) is 0. The van der Waals surface area contributed by atoms with Crippen molar-refractivity contribution in [3.63, 3.8) is 0 Å². The van der Waals surface area contributed by atoms with Crippen LogP contribution in [0.3, 0.4) is 0 Å². The summed E-state index contributed by atoms with van der Waals surface area (Å²) in [6, 6.07) is 14.1. The highest BCUT2D eigenvalue weighted by atomic mass is 79.9. The number of hydrogen-bond acceptors (Lipinski definition) is 5. The second-order valence-corrected chi connectivity index (χ2v) is 7.29. The third-order valence-corrected chi connectivity index (χ3v) is 5.37. The first-order valence-electron chi connectivity index (χ1n) is 8.66. The van der Waals surface area contributed by atoms with Gasteiger partial charge >= 0.3 is 11.9 Å². The van der Waals surface area contributed by atoms with E-state index in [9.17, 15) is 14.4 Å². The number of carbonyl (C=O) groups is 3. The highest BCUT2D eigenvalue weighted by Crippen LogP contribution is 2.45. The van der Waals surface area contributed by atoms with E-state index in [-0.39, 0.29) is 5.78 Å². The van der Waals surface area contributed by atoms with E-state index in [0.717, 1.165) is 4.47 Å². The molecule has 0 bridgehead atoms. The molecule has 1 aliphatic rings. The molecule has 3 atom stereocenters. The molecule has 0 spiro atoms. The highest BCUT2D eigenvalue weighted by Gasteiger charge is 2.48. The van der Waals surface area contributed by atoms with Gasteiger partial charge in [-0.1, -0.05) is 53.2 Å². The van der Waals surface area contributed by atoms with Crippen molar-refractivity contribution >= 4 is 33.7 Å². The fourth-order valence-corrected chi connectivity index (χ4v) is 3.99. The van der Waals surface area contributed by atoms with Gasteiger partial charge in [0.1, 0.15) is 5.75 Å². The van der Waals surface area contributed by atoms with Gasteiger partial charge in [0.2, 0.25) is 0 Å². The molecule has 0 aliphatic carbocycles. The molecule has 0 amide bonds. The number of fused-ring (bicyclic) bond motifs is 1. The third-order valence-electron chi connectivity index (χ3n) is 4.88. The minimum absolute atomic E-state index is 0.113. The van der Waals surface area contributed by atoms with E-state index in [1.807, 2.05) is 13.0 Å². The molecular formula is C21H19BrO5. The number of ether oxygens (including phenoxy) is 2. The van der Waals surface area contributed by atoms with Crippen LogP contribution in [0.5, 0.6) is 5.75 Å². The molecule has 0 aromatic heterocycles. The summed E-state index contributed by atoms with van der Waals surface area (Å²) < 4.78 is 11.0. The SMILES string of the molecule is CC[C@@H](C(=O)c1ccccc1)[C@H]1c2cc(Br)ccc2OC(=O)[C@@H]1C(=O)OC.